The molecule has 2 aromatic heterocycles. The molecule has 3 rings (SSSR count). The third-order valence-corrected chi connectivity index (χ3v) is 4.58. The molecule has 0 bridgehead atoms. The Labute approximate surface area is 157 Å². The highest BCUT2D eigenvalue weighted by Gasteiger charge is 2.10. The summed E-state index contributed by atoms with van der Waals surface area (Å²) in [5, 5.41) is 3.15. The number of hydrogen-bond donors (Lipinski definition) is 1. The summed E-state index contributed by atoms with van der Waals surface area (Å²) in [6.45, 7) is 0. The van der Waals surface area contributed by atoms with Crippen LogP contribution >= 0.6 is 34.5 Å². The second-order valence-electron chi connectivity index (χ2n) is 4.93. The number of rotatable bonds is 5. The molecule has 2 heterocycles. The van der Waals surface area contributed by atoms with Crippen LogP contribution in [0.1, 0.15) is 5.56 Å². The van der Waals surface area contributed by atoms with E-state index in [1.807, 2.05) is 30.3 Å². The Balaban J connectivity index is 1.78. The van der Waals surface area contributed by atoms with Crippen molar-refractivity contribution < 1.29 is 9.53 Å². The van der Waals surface area contributed by atoms with Crippen LogP contribution in [-0.2, 0) is 16.0 Å². The summed E-state index contributed by atoms with van der Waals surface area (Å²) in [7, 11) is 1.36. The maximum Gasteiger partial charge on any atom is 0.309 e. The molecular formula is C16H12Cl2N4O2S. The van der Waals surface area contributed by atoms with E-state index in [4.69, 9.17) is 23.2 Å². The van der Waals surface area contributed by atoms with Gasteiger partial charge in [-0.15, -0.1) is 11.3 Å². The summed E-state index contributed by atoms with van der Waals surface area (Å²) in [6.07, 6.45) is 0.220. The largest absolute Gasteiger partial charge is 0.469 e. The number of thiophene rings is 1. The number of carbonyl (C=O) groups excluding carboxylic acids is 1. The smallest absolute Gasteiger partial charge is 0.309 e. The molecule has 0 atom stereocenters. The molecule has 9 heteroatoms. The van der Waals surface area contributed by atoms with Crippen LogP contribution < -0.4 is 5.32 Å². The fourth-order valence-electron chi connectivity index (χ4n) is 2.02. The van der Waals surface area contributed by atoms with Crippen LogP contribution in [-0.4, -0.2) is 28.0 Å². The summed E-state index contributed by atoms with van der Waals surface area (Å²) in [6, 6.07) is 10.9. The Morgan fingerprint density at radius 3 is 2.52 bits per heavy atom. The zero-order valence-electron chi connectivity index (χ0n) is 13.0. The maximum absolute atomic E-state index is 11.3. The maximum atomic E-state index is 11.3. The number of benzene rings is 1. The number of anilines is 2. The van der Waals surface area contributed by atoms with Gasteiger partial charge in [-0.3, -0.25) is 4.79 Å². The van der Waals surface area contributed by atoms with E-state index in [-0.39, 0.29) is 17.7 Å². The number of halogens is 2. The van der Waals surface area contributed by atoms with Gasteiger partial charge in [0.1, 0.15) is 0 Å². The Bertz CT molecular complexity index is 899. The molecule has 25 heavy (non-hydrogen) atoms. The van der Waals surface area contributed by atoms with Crippen molar-refractivity contribution in [1.29, 1.82) is 0 Å². The molecule has 0 saturated carbocycles. The average molecular weight is 395 g/mol. The molecule has 0 fully saturated rings. The van der Waals surface area contributed by atoms with E-state index < -0.39 is 0 Å². The molecule has 0 aliphatic carbocycles. The van der Waals surface area contributed by atoms with E-state index in [0.717, 1.165) is 16.1 Å². The summed E-state index contributed by atoms with van der Waals surface area (Å²) in [5.74, 6) is 0.478. The first-order chi connectivity index (χ1) is 12.0. The highest BCUT2D eigenvalue weighted by Crippen LogP contribution is 2.30. The van der Waals surface area contributed by atoms with E-state index >= 15 is 0 Å². The summed E-state index contributed by atoms with van der Waals surface area (Å²) < 4.78 is 5.29. The minimum atomic E-state index is -0.288. The Kier molecular flexibility index (Phi) is 5.47. The standard InChI is InChI=1S/C16H12Cl2N4O2S/c1-24-13(23)8-9-2-4-10(5-3-9)19-16-21-14(20-15(18)22-16)11-6-7-12(17)25-11/h2-7H,8H2,1H3,(H,19,20,21,22). The number of esters is 1. The fraction of sp³-hybridized carbons (Fsp3) is 0.125. The summed E-state index contributed by atoms with van der Waals surface area (Å²) in [4.78, 5) is 24.6. The second-order valence-corrected chi connectivity index (χ2v) is 6.98. The van der Waals surface area contributed by atoms with Gasteiger partial charge in [0.15, 0.2) is 5.82 Å². The molecule has 3 aromatic rings. The van der Waals surface area contributed by atoms with Crippen molar-refractivity contribution in [3.05, 3.63) is 51.6 Å². The lowest BCUT2D eigenvalue weighted by molar-refractivity contribution is -0.139. The normalized spacial score (nSPS) is 10.5. The van der Waals surface area contributed by atoms with Crippen LogP contribution in [0.5, 0.6) is 0 Å². The van der Waals surface area contributed by atoms with Crippen LogP contribution in [0.4, 0.5) is 11.6 Å². The van der Waals surface area contributed by atoms with E-state index in [1.54, 1.807) is 6.07 Å². The molecule has 0 aliphatic heterocycles. The molecule has 0 unspecified atom stereocenters. The van der Waals surface area contributed by atoms with Crippen molar-refractivity contribution in [3.63, 3.8) is 0 Å². The lowest BCUT2D eigenvalue weighted by Crippen LogP contribution is -2.04. The molecule has 128 valence electrons. The van der Waals surface area contributed by atoms with E-state index in [0.29, 0.717) is 16.1 Å². The molecule has 0 aliphatic rings. The third-order valence-electron chi connectivity index (χ3n) is 3.19. The molecule has 0 spiro atoms. The van der Waals surface area contributed by atoms with Gasteiger partial charge in [0, 0.05) is 5.69 Å². The molecule has 0 amide bonds. The fourth-order valence-corrected chi connectivity index (χ4v) is 3.16. The van der Waals surface area contributed by atoms with Crippen molar-refractivity contribution >= 4 is 52.1 Å². The van der Waals surface area contributed by atoms with Crippen LogP contribution in [0.2, 0.25) is 9.62 Å². The molecular weight excluding hydrogens is 383 g/mol. The molecule has 1 N–H and O–H groups in total. The molecule has 6 nitrogen and oxygen atoms in total. The SMILES string of the molecule is COC(=O)Cc1ccc(Nc2nc(Cl)nc(-c3ccc(Cl)s3)n2)cc1. The van der Waals surface area contributed by atoms with Crippen molar-refractivity contribution in [1.82, 2.24) is 15.0 Å². The van der Waals surface area contributed by atoms with Gasteiger partial charge in [-0.05, 0) is 41.4 Å². The predicted octanol–water partition coefficient (Wildman–Crippen LogP) is 4.37. The summed E-state index contributed by atoms with van der Waals surface area (Å²) in [5.41, 5.74) is 1.60. The Hall–Kier alpha value is -2.22. The average Bonchev–Trinajstić information content (AvgIpc) is 3.02. The van der Waals surface area contributed by atoms with E-state index in [1.165, 1.54) is 18.4 Å². The van der Waals surface area contributed by atoms with E-state index in [2.05, 4.69) is 25.0 Å². The topological polar surface area (TPSA) is 77.0 Å². The predicted molar refractivity (Wildman–Crippen MR) is 98.6 cm³/mol. The third kappa shape index (κ3) is 4.66. The zero-order valence-corrected chi connectivity index (χ0v) is 15.3. The van der Waals surface area contributed by atoms with Crippen molar-refractivity contribution in [2.75, 3.05) is 12.4 Å². The van der Waals surface area contributed by atoms with Crippen LogP contribution in [0.25, 0.3) is 10.7 Å². The first-order valence-corrected chi connectivity index (χ1v) is 8.71. The van der Waals surface area contributed by atoms with Gasteiger partial charge in [-0.25, -0.2) is 0 Å². The first kappa shape index (κ1) is 17.6. The Morgan fingerprint density at radius 1 is 1.12 bits per heavy atom. The minimum Gasteiger partial charge on any atom is -0.469 e. The number of methoxy groups -OCH3 is 1. The van der Waals surface area contributed by atoms with Gasteiger partial charge < -0.3 is 10.1 Å². The first-order valence-electron chi connectivity index (χ1n) is 7.13. The van der Waals surface area contributed by atoms with Crippen molar-refractivity contribution in [2.24, 2.45) is 0 Å². The highest BCUT2D eigenvalue weighted by atomic mass is 35.5. The summed E-state index contributed by atoms with van der Waals surface area (Å²) >= 11 is 13.3. The van der Waals surface area contributed by atoms with Gasteiger partial charge in [-0.2, -0.15) is 15.0 Å². The molecule has 1 aromatic carbocycles. The van der Waals surface area contributed by atoms with Crippen molar-refractivity contribution in [2.45, 2.75) is 6.42 Å². The lowest BCUT2D eigenvalue weighted by Gasteiger charge is -2.07. The van der Waals surface area contributed by atoms with Gasteiger partial charge >= 0.3 is 5.97 Å². The molecule has 0 radical (unpaired) electrons. The molecule has 0 saturated heterocycles. The van der Waals surface area contributed by atoms with Crippen LogP contribution in [0.3, 0.4) is 0 Å². The number of aromatic nitrogens is 3. The number of nitrogens with one attached hydrogen (secondary N) is 1. The zero-order chi connectivity index (χ0) is 17.8. The second kappa shape index (κ2) is 7.77. The van der Waals surface area contributed by atoms with Crippen LogP contribution in [0.15, 0.2) is 36.4 Å². The van der Waals surface area contributed by atoms with Gasteiger partial charge in [0.25, 0.3) is 0 Å². The van der Waals surface area contributed by atoms with Crippen LogP contribution in [0, 0.1) is 0 Å². The van der Waals surface area contributed by atoms with E-state index in [9.17, 15) is 4.79 Å². The monoisotopic (exact) mass is 394 g/mol. The van der Waals surface area contributed by atoms with Gasteiger partial charge in [0.05, 0.1) is 22.7 Å². The van der Waals surface area contributed by atoms with Crippen molar-refractivity contribution in [3.8, 4) is 10.7 Å². The lowest BCUT2D eigenvalue weighted by atomic mass is 10.1. The number of ether oxygens (including phenoxy) is 1. The van der Waals surface area contributed by atoms with Gasteiger partial charge in [0.2, 0.25) is 11.2 Å². The number of carbonyl (C=O) groups is 1. The highest BCUT2D eigenvalue weighted by molar-refractivity contribution is 7.19. The number of nitrogens with zero attached hydrogens (tertiary/aromatic N) is 3. The number of hydrogen-bond acceptors (Lipinski definition) is 7. The van der Waals surface area contributed by atoms with Gasteiger partial charge in [-0.1, -0.05) is 23.7 Å². The Morgan fingerprint density at radius 2 is 1.88 bits per heavy atom. The quantitative estimate of drug-likeness (QED) is 0.647. The minimum absolute atomic E-state index is 0.0827.